The Morgan fingerprint density at radius 3 is 2.72 bits per heavy atom. The Balaban J connectivity index is 1.61. The lowest BCUT2D eigenvalue weighted by atomic mass is 10.0. The molecule has 0 amide bonds. The Kier molecular flexibility index (Phi) is 5.43. The number of fused-ring (bicyclic) bond motifs is 1. The first-order chi connectivity index (χ1) is 15.0. The third kappa shape index (κ3) is 3.94. The zero-order chi connectivity index (χ0) is 23.3. The molecule has 4 rings (SSSR count). The van der Waals surface area contributed by atoms with E-state index in [2.05, 4.69) is 14.7 Å². The number of anilines is 1. The van der Waals surface area contributed by atoms with Gasteiger partial charge in [-0.1, -0.05) is 17.7 Å². The van der Waals surface area contributed by atoms with Crippen LogP contribution in [-0.4, -0.2) is 53.1 Å². The maximum Gasteiger partial charge on any atom is 0.310 e. The molecule has 1 aliphatic rings. The number of aromatic nitrogens is 2. The number of carboxylic acids is 1. The van der Waals surface area contributed by atoms with E-state index in [1.165, 1.54) is 43.7 Å². The Labute approximate surface area is 187 Å². The highest BCUT2D eigenvalue weighted by Gasteiger charge is 2.52. The lowest BCUT2D eigenvalue weighted by Crippen LogP contribution is -2.39. The molecule has 0 saturated heterocycles. The summed E-state index contributed by atoms with van der Waals surface area (Å²) in [5.41, 5.74) is -1.38. The van der Waals surface area contributed by atoms with Gasteiger partial charge in [0, 0.05) is 36.9 Å². The molecule has 1 fully saturated rings. The van der Waals surface area contributed by atoms with Crippen LogP contribution in [0.4, 0.5) is 10.1 Å². The van der Waals surface area contributed by atoms with Crippen molar-refractivity contribution in [1.82, 2.24) is 14.3 Å². The number of hydrogen-bond donors (Lipinski definition) is 3. The number of benzene rings is 1. The van der Waals surface area contributed by atoms with E-state index in [4.69, 9.17) is 11.6 Å². The van der Waals surface area contributed by atoms with Gasteiger partial charge in [0.25, 0.3) is 0 Å². The highest BCUT2D eigenvalue weighted by molar-refractivity contribution is 7.90. The molecule has 1 aliphatic carbocycles. The normalized spacial score (nSPS) is 15.1. The van der Waals surface area contributed by atoms with Crippen LogP contribution >= 0.6 is 11.6 Å². The number of carboxylic acid groups (broad SMARTS) is 1. The van der Waals surface area contributed by atoms with E-state index < -0.39 is 38.9 Å². The van der Waals surface area contributed by atoms with Crippen molar-refractivity contribution in [3.8, 4) is 0 Å². The molecular weight excluding hydrogens is 463 g/mol. The SMILES string of the molecule is CN(CC1(C(=O)O)CC1)S(=O)(=O)Nc1cccc(C(=O)c2c[nH]c3ncc(Cl)cc23)c1F. The van der Waals surface area contributed by atoms with Crippen LogP contribution in [0.2, 0.25) is 5.02 Å². The van der Waals surface area contributed by atoms with Crippen molar-refractivity contribution in [1.29, 1.82) is 0 Å². The van der Waals surface area contributed by atoms with Gasteiger partial charge in [-0.05, 0) is 31.0 Å². The molecule has 0 aliphatic heterocycles. The Morgan fingerprint density at radius 1 is 1.34 bits per heavy atom. The number of nitrogens with zero attached hydrogens (tertiary/aromatic N) is 2. The van der Waals surface area contributed by atoms with E-state index >= 15 is 4.39 Å². The lowest BCUT2D eigenvalue weighted by molar-refractivity contribution is -0.143. The van der Waals surface area contributed by atoms with Crippen molar-refractivity contribution in [3.63, 3.8) is 0 Å². The summed E-state index contributed by atoms with van der Waals surface area (Å²) < 4.78 is 43.4. The monoisotopic (exact) mass is 480 g/mol. The number of carbonyl (C=O) groups excluding carboxylic acids is 1. The summed E-state index contributed by atoms with van der Waals surface area (Å²) in [5.74, 6) is -2.82. The number of nitrogens with one attached hydrogen (secondary N) is 2. The van der Waals surface area contributed by atoms with Crippen molar-refractivity contribution in [2.75, 3.05) is 18.3 Å². The molecule has 0 spiro atoms. The average molecular weight is 481 g/mol. The van der Waals surface area contributed by atoms with Crippen LogP contribution in [0.25, 0.3) is 11.0 Å². The quantitative estimate of drug-likeness (QED) is 0.424. The number of rotatable bonds is 8. The van der Waals surface area contributed by atoms with E-state index in [0.717, 1.165) is 4.31 Å². The first-order valence-corrected chi connectivity index (χ1v) is 11.3. The first-order valence-electron chi connectivity index (χ1n) is 9.47. The van der Waals surface area contributed by atoms with Gasteiger partial charge in [0.15, 0.2) is 11.6 Å². The zero-order valence-electron chi connectivity index (χ0n) is 16.7. The second kappa shape index (κ2) is 7.84. The maximum absolute atomic E-state index is 15.2. The molecule has 0 bridgehead atoms. The summed E-state index contributed by atoms with van der Waals surface area (Å²) in [7, 11) is -3.05. The van der Waals surface area contributed by atoms with Crippen molar-refractivity contribution in [2.24, 2.45) is 5.41 Å². The molecule has 1 saturated carbocycles. The molecule has 2 aromatic heterocycles. The van der Waals surface area contributed by atoms with Crippen LogP contribution in [0.5, 0.6) is 0 Å². The van der Waals surface area contributed by atoms with Gasteiger partial charge in [0.1, 0.15) is 5.65 Å². The topological polar surface area (TPSA) is 132 Å². The summed E-state index contributed by atoms with van der Waals surface area (Å²) in [6.07, 6.45) is 3.51. The summed E-state index contributed by atoms with van der Waals surface area (Å²) in [6, 6.07) is 5.27. The number of hydrogen-bond acceptors (Lipinski definition) is 5. The highest BCUT2D eigenvalue weighted by Crippen LogP contribution is 2.46. The van der Waals surface area contributed by atoms with E-state index in [9.17, 15) is 23.1 Å². The average Bonchev–Trinajstić information content (AvgIpc) is 3.40. The third-order valence-electron chi connectivity index (χ3n) is 5.47. The zero-order valence-corrected chi connectivity index (χ0v) is 18.3. The highest BCUT2D eigenvalue weighted by atomic mass is 35.5. The predicted molar refractivity (Wildman–Crippen MR) is 115 cm³/mol. The number of H-pyrrole nitrogens is 1. The molecule has 0 radical (unpaired) electrons. The van der Waals surface area contributed by atoms with Crippen LogP contribution in [0.15, 0.2) is 36.7 Å². The number of aromatic amines is 1. The fraction of sp³-hybridized carbons (Fsp3) is 0.250. The Hall–Kier alpha value is -3.02. The Morgan fingerprint density at radius 2 is 2.06 bits per heavy atom. The lowest BCUT2D eigenvalue weighted by Gasteiger charge is -2.22. The molecule has 1 aromatic carbocycles. The van der Waals surface area contributed by atoms with E-state index in [-0.39, 0.29) is 17.7 Å². The van der Waals surface area contributed by atoms with Gasteiger partial charge in [-0.3, -0.25) is 14.3 Å². The van der Waals surface area contributed by atoms with Crippen molar-refractivity contribution in [3.05, 3.63) is 58.6 Å². The minimum Gasteiger partial charge on any atom is -0.481 e. The second-order valence-electron chi connectivity index (χ2n) is 7.70. The third-order valence-corrected chi connectivity index (χ3v) is 7.10. The molecule has 0 atom stereocenters. The Bertz CT molecular complexity index is 1350. The van der Waals surface area contributed by atoms with Crippen LogP contribution in [0.1, 0.15) is 28.8 Å². The molecule has 3 aromatic rings. The van der Waals surface area contributed by atoms with Gasteiger partial charge in [-0.15, -0.1) is 0 Å². The van der Waals surface area contributed by atoms with E-state index in [0.29, 0.717) is 28.9 Å². The number of pyridine rings is 1. The second-order valence-corrected chi connectivity index (χ2v) is 9.91. The molecule has 0 unspecified atom stereocenters. The van der Waals surface area contributed by atoms with Gasteiger partial charge in [-0.25, -0.2) is 9.37 Å². The van der Waals surface area contributed by atoms with Crippen LogP contribution in [-0.2, 0) is 15.0 Å². The molecule has 32 heavy (non-hydrogen) atoms. The van der Waals surface area contributed by atoms with Gasteiger partial charge in [-0.2, -0.15) is 12.7 Å². The molecule has 12 heteroatoms. The van der Waals surface area contributed by atoms with Crippen molar-refractivity contribution >= 4 is 50.3 Å². The minimum atomic E-state index is -4.26. The first kappa shape index (κ1) is 22.2. The maximum atomic E-state index is 15.2. The summed E-state index contributed by atoms with van der Waals surface area (Å²) in [4.78, 5) is 31.2. The van der Waals surface area contributed by atoms with Gasteiger partial charge in [0.2, 0.25) is 0 Å². The van der Waals surface area contributed by atoms with Crippen LogP contribution in [0, 0.1) is 11.2 Å². The summed E-state index contributed by atoms with van der Waals surface area (Å²) >= 11 is 5.95. The van der Waals surface area contributed by atoms with Crippen LogP contribution in [0.3, 0.4) is 0 Å². The number of aliphatic carboxylic acids is 1. The number of halogens is 2. The van der Waals surface area contributed by atoms with E-state index in [1.54, 1.807) is 0 Å². The van der Waals surface area contributed by atoms with Crippen LogP contribution < -0.4 is 4.72 Å². The molecular formula is C20H18ClFN4O5S. The molecule has 2 heterocycles. The molecule has 9 nitrogen and oxygen atoms in total. The summed E-state index contributed by atoms with van der Waals surface area (Å²) in [5, 5.41) is 9.97. The largest absolute Gasteiger partial charge is 0.481 e. The van der Waals surface area contributed by atoms with Crippen molar-refractivity contribution in [2.45, 2.75) is 12.8 Å². The van der Waals surface area contributed by atoms with Gasteiger partial charge >= 0.3 is 16.2 Å². The van der Waals surface area contributed by atoms with Gasteiger partial charge < -0.3 is 10.1 Å². The molecule has 168 valence electrons. The number of carbonyl (C=O) groups is 2. The standard InChI is InChI=1S/C20H18ClFN4O5S/c1-26(10-20(5-6-20)19(28)29)32(30,31)25-15-4-2-3-12(16(15)22)17(27)14-9-24-18-13(14)7-11(21)8-23-18/h2-4,7-9,25H,5-6,10H2,1H3,(H,23,24)(H,28,29). The minimum absolute atomic E-state index is 0.128. The summed E-state index contributed by atoms with van der Waals surface area (Å²) in [6.45, 7) is -0.249. The van der Waals surface area contributed by atoms with E-state index in [1.807, 2.05) is 0 Å². The molecule has 3 N–H and O–H groups in total. The van der Waals surface area contributed by atoms with Crippen molar-refractivity contribution < 1.29 is 27.5 Å². The fourth-order valence-electron chi connectivity index (χ4n) is 3.42. The number of ketones is 1. The smallest absolute Gasteiger partial charge is 0.310 e. The predicted octanol–water partition coefficient (Wildman–Crippen LogP) is 3.04. The van der Waals surface area contributed by atoms with Gasteiger partial charge in [0.05, 0.1) is 21.7 Å². The fourth-order valence-corrected chi connectivity index (χ4v) is 4.58.